The zero-order valence-corrected chi connectivity index (χ0v) is 14.5. The summed E-state index contributed by atoms with van der Waals surface area (Å²) in [6.07, 6.45) is -0.408. The van der Waals surface area contributed by atoms with Crippen molar-refractivity contribution in [1.82, 2.24) is 0 Å². The number of cyclic esters (lactones) is 2. The van der Waals surface area contributed by atoms with Crippen LogP contribution in [0.3, 0.4) is 0 Å². The molecule has 0 aromatic heterocycles. The molecule has 8 nitrogen and oxygen atoms in total. The summed E-state index contributed by atoms with van der Waals surface area (Å²) in [7, 11) is 0. The molecule has 8 heteroatoms. The highest BCUT2D eigenvalue weighted by molar-refractivity contribution is 6.06. The van der Waals surface area contributed by atoms with Crippen LogP contribution in [0.1, 0.15) is 48.4 Å². The zero-order valence-electron chi connectivity index (χ0n) is 14.5. The number of esters is 2. The molecule has 1 aliphatic heterocycles. The predicted molar refractivity (Wildman–Crippen MR) is 95.1 cm³/mol. The van der Waals surface area contributed by atoms with Crippen LogP contribution in [0.15, 0.2) is 48.5 Å². The van der Waals surface area contributed by atoms with Crippen LogP contribution < -0.4 is 11.5 Å². The van der Waals surface area contributed by atoms with Crippen LogP contribution in [-0.2, 0) is 9.47 Å². The molecule has 0 fully saturated rings. The SMILES string of the molecule is CC1COC(=O)c2ccccc2C(=O)O1.NC(=O)c1ccccc1C(N)=O. The molecule has 2 aromatic rings. The van der Waals surface area contributed by atoms with Gasteiger partial charge in [0.1, 0.15) is 12.7 Å². The van der Waals surface area contributed by atoms with Gasteiger partial charge < -0.3 is 20.9 Å². The lowest BCUT2D eigenvalue weighted by atomic mass is 10.1. The Hall–Kier alpha value is -3.68. The molecule has 0 spiro atoms. The van der Waals surface area contributed by atoms with Gasteiger partial charge in [0.05, 0.1) is 22.3 Å². The number of ether oxygens (including phenoxy) is 2. The maximum Gasteiger partial charge on any atom is 0.339 e. The fraction of sp³-hybridized carbons (Fsp3) is 0.158. The fourth-order valence-electron chi connectivity index (χ4n) is 2.30. The number of rotatable bonds is 2. The minimum Gasteiger partial charge on any atom is -0.458 e. The average molecular weight is 370 g/mol. The Bertz CT molecular complexity index is 860. The summed E-state index contributed by atoms with van der Waals surface area (Å²) in [6, 6.07) is 12.6. The first-order valence-corrected chi connectivity index (χ1v) is 7.97. The van der Waals surface area contributed by atoms with Crippen LogP contribution >= 0.6 is 0 Å². The number of nitrogens with two attached hydrogens (primary N) is 2. The molecule has 0 saturated heterocycles. The van der Waals surface area contributed by atoms with Crippen LogP contribution in [0, 0.1) is 0 Å². The minimum atomic E-state index is -0.649. The van der Waals surface area contributed by atoms with Gasteiger partial charge in [-0.3, -0.25) is 9.59 Å². The Morgan fingerprint density at radius 3 is 1.78 bits per heavy atom. The summed E-state index contributed by atoms with van der Waals surface area (Å²) in [4.78, 5) is 44.6. The monoisotopic (exact) mass is 370 g/mol. The molecule has 0 aliphatic carbocycles. The van der Waals surface area contributed by atoms with E-state index in [-0.39, 0.29) is 28.9 Å². The third-order valence-corrected chi connectivity index (χ3v) is 3.58. The highest BCUT2D eigenvalue weighted by Crippen LogP contribution is 2.15. The first kappa shape index (κ1) is 19.6. The van der Waals surface area contributed by atoms with Gasteiger partial charge >= 0.3 is 11.9 Å². The van der Waals surface area contributed by atoms with Crippen molar-refractivity contribution >= 4 is 23.8 Å². The highest BCUT2D eigenvalue weighted by Gasteiger charge is 2.24. The molecule has 27 heavy (non-hydrogen) atoms. The van der Waals surface area contributed by atoms with E-state index in [2.05, 4.69) is 0 Å². The molecule has 3 rings (SSSR count). The highest BCUT2D eigenvalue weighted by atomic mass is 16.6. The number of hydrogen-bond donors (Lipinski definition) is 2. The number of primary amides is 2. The second-order valence-corrected chi connectivity index (χ2v) is 5.63. The molecular formula is C19H18N2O6. The number of hydrogen-bond acceptors (Lipinski definition) is 6. The first-order valence-electron chi connectivity index (χ1n) is 7.97. The normalized spacial score (nSPS) is 15.7. The zero-order chi connectivity index (χ0) is 20.0. The van der Waals surface area contributed by atoms with Gasteiger partial charge in [-0.25, -0.2) is 9.59 Å². The van der Waals surface area contributed by atoms with Crippen molar-refractivity contribution < 1.29 is 28.7 Å². The molecule has 2 amide bonds. The first-order chi connectivity index (χ1) is 12.8. The molecule has 4 N–H and O–H groups in total. The average Bonchev–Trinajstić information content (AvgIpc) is 2.65. The number of benzene rings is 2. The van der Waals surface area contributed by atoms with E-state index in [4.69, 9.17) is 20.9 Å². The molecule has 2 aromatic carbocycles. The van der Waals surface area contributed by atoms with E-state index in [0.717, 1.165) is 0 Å². The van der Waals surface area contributed by atoms with Gasteiger partial charge in [0.15, 0.2) is 0 Å². The van der Waals surface area contributed by atoms with E-state index in [9.17, 15) is 19.2 Å². The van der Waals surface area contributed by atoms with Crippen LogP contribution in [-0.4, -0.2) is 36.5 Å². The van der Waals surface area contributed by atoms with E-state index in [1.165, 1.54) is 12.1 Å². The lowest BCUT2D eigenvalue weighted by Crippen LogP contribution is -2.27. The summed E-state index contributed by atoms with van der Waals surface area (Å²) in [6.45, 7) is 1.78. The van der Waals surface area contributed by atoms with E-state index in [0.29, 0.717) is 0 Å². The second-order valence-electron chi connectivity index (χ2n) is 5.63. The maximum absolute atomic E-state index is 11.6. The quantitative estimate of drug-likeness (QED) is 0.764. The van der Waals surface area contributed by atoms with Crippen LogP contribution in [0.2, 0.25) is 0 Å². The number of fused-ring (bicyclic) bond motifs is 1. The van der Waals surface area contributed by atoms with Crippen molar-refractivity contribution in [2.24, 2.45) is 11.5 Å². The number of carbonyl (C=O) groups excluding carboxylic acids is 4. The van der Waals surface area contributed by atoms with Gasteiger partial charge in [-0.15, -0.1) is 0 Å². The van der Waals surface area contributed by atoms with E-state index >= 15 is 0 Å². The topological polar surface area (TPSA) is 139 Å². The Morgan fingerprint density at radius 2 is 1.30 bits per heavy atom. The Balaban J connectivity index is 0.000000199. The third-order valence-electron chi connectivity index (χ3n) is 3.58. The van der Waals surface area contributed by atoms with Gasteiger partial charge in [0.2, 0.25) is 11.8 Å². The maximum atomic E-state index is 11.6. The summed E-state index contributed by atoms with van der Waals surface area (Å²) >= 11 is 0. The summed E-state index contributed by atoms with van der Waals surface area (Å²) in [5.74, 6) is -2.25. The Kier molecular flexibility index (Phi) is 6.27. The van der Waals surface area contributed by atoms with Gasteiger partial charge in [0, 0.05) is 0 Å². The van der Waals surface area contributed by atoms with Gasteiger partial charge in [-0.05, 0) is 31.2 Å². The van der Waals surface area contributed by atoms with Crippen molar-refractivity contribution in [2.75, 3.05) is 6.61 Å². The van der Waals surface area contributed by atoms with E-state index in [1.54, 1.807) is 43.3 Å². The Morgan fingerprint density at radius 1 is 0.852 bits per heavy atom. The summed E-state index contributed by atoms with van der Waals surface area (Å²) in [5.41, 5.74) is 10.8. The van der Waals surface area contributed by atoms with Crippen molar-refractivity contribution in [1.29, 1.82) is 0 Å². The van der Waals surface area contributed by atoms with Crippen molar-refractivity contribution in [2.45, 2.75) is 13.0 Å². The van der Waals surface area contributed by atoms with E-state index in [1.807, 2.05) is 0 Å². The molecule has 0 bridgehead atoms. The van der Waals surface area contributed by atoms with Gasteiger partial charge in [0.25, 0.3) is 0 Å². The van der Waals surface area contributed by atoms with Gasteiger partial charge in [-0.1, -0.05) is 24.3 Å². The van der Waals surface area contributed by atoms with Crippen molar-refractivity contribution in [3.05, 3.63) is 70.8 Å². The third kappa shape index (κ3) is 4.91. The van der Waals surface area contributed by atoms with Gasteiger partial charge in [-0.2, -0.15) is 0 Å². The van der Waals surface area contributed by atoms with Crippen LogP contribution in [0.5, 0.6) is 0 Å². The fourth-order valence-corrected chi connectivity index (χ4v) is 2.30. The second kappa shape index (κ2) is 8.61. The standard InChI is InChI=1S/C11H10O4.C8H8N2O2/c1-7-6-14-10(12)8-4-2-3-5-9(8)11(13)15-7;9-7(11)5-3-1-2-4-6(5)8(10)12/h2-5,7H,6H2,1H3;1-4H,(H2,9,11)(H2,10,12). The molecule has 1 aliphatic rings. The van der Waals surface area contributed by atoms with Crippen LogP contribution in [0.25, 0.3) is 0 Å². The number of carbonyl (C=O) groups is 4. The predicted octanol–water partition coefficient (Wildman–Crippen LogP) is 1.29. The Labute approximate surface area is 155 Å². The summed E-state index contributed by atoms with van der Waals surface area (Å²) in [5, 5.41) is 0. The molecule has 140 valence electrons. The molecule has 0 saturated carbocycles. The van der Waals surface area contributed by atoms with Crippen molar-refractivity contribution in [3.8, 4) is 0 Å². The van der Waals surface area contributed by atoms with Crippen molar-refractivity contribution in [3.63, 3.8) is 0 Å². The lowest BCUT2D eigenvalue weighted by Gasteiger charge is -2.18. The molecular weight excluding hydrogens is 352 g/mol. The lowest BCUT2D eigenvalue weighted by molar-refractivity contribution is 0.000551. The largest absolute Gasteiger partial charge is 0.458 e. The van der Waals surface area contributed by atoms with Crippen LogP contribution in [0.4, 0.5) is 0 Å². The number of amides is 2. The molecule has 1 heterocycles. The summed E-state index contributed by atoms with van der Waals surface area (Å²) < 4.78 is 10.0. The molecule has 1 atom stereocenters. The molecule has 0 radical (unpaired) electrons. The minimum absolute atomic E-state index is 0.0961. The molecule has 1 unspecified atom stereocenters. The smallest absolute Gasteiger partial charge is 0.339 e. The van der Waals surface area contributed by atoms with E-state index < -0.39 is 29.9 Å².